The Balaban J connectivity index is 1.54. The van der Waals surface area contributed by atoms with Crippen LogP contribution in [-0.4, -0.2) is 39.2 Å². The van der Waals surface area contributed by atoms with Crippen molar-refractivity contribution in [2.75, 3.05) is 19.9 Å². The SMILES string of the molecule is O=S(=O)(NC1=NCN(CC2CCCCCC2)CN1)c1ccc(Cl)cc1. The maximum absolute atomic E-state index is 12.4. The van der Waals surface area contributed by atoms with Gasteiger partial charge in [0.05, 0.1) is 18.2 Å². The molecule has 8 heteroatoms. The summed E-state index contributed by atoms with van der Waals surface area (Å²) < 4.78 is 27.2. The van der Waals surface area contributed by atoms with E-state index in [0.29, 0.717) is 24.3 Å². The van der Waals surface area contributed by atoms with Crippen molar-refractivity contribution in [2.45, 2.75) is 43.4 Å². The van der Waals surface area contributed by atoms with Crippen LogP contribution in [0.2, 0.25) is 5.02 Å². The van der Waals surface area contributed by atoms with Crippen LogP contribution in [-0.2, 0) is 10.0 Å². The van der Waals surface area contributed by atoms with Crippen LogP contribution in [0.25, 0.3) is 0 Å². The molecule has 1 saturated carbocycles. The molecule has 1 heterocycles. The van der Waals surface area contributed by atoms with E-state index in [0.717, 1.165) is 12.5 Å². The van der Waals surface area contributed by atoms with E-state index in [1.54, 1.807) is 12.1 Å². The Morgan fingerprint density at radius 3 is 2.44 bits per heavy atom. The van der Waals surface area contributed by atoms with Gasteiger partial charge >= 0.3 is 0 Å². The molecule has 25 heavy (non-hydrogen) atoms. The van der Waals surface area contributed by atoms with E-state index in [1.807, 2.05) is 0 Å². The lowest BCUT2D eigenvalue weighted by atomic mass is 10.00. The Morgan fingerprint density at radius 2 is 1.84 bits per heavy atom. The second-order valence-electron chi connectivity index (χ2n) is 6.75. The summed E-state index contributed by atoms with van der Waals surface area (Å²) in [5, 5.41) is 3.57. The van der Waals surface area contributed by atoms with Gasteiger partial charge in [-0.15, -0.1) is 0 Å². The molecule has 1 aromatic rings. The van der Waals surface area contributed by atoms with Crippen LogP contribution in [0, 0.1) is 5.92 Å². The summed E-state index contributed by atoms with van der Waals surface area (Å²) in [6, 6.07) is 6.07. The lowest BCUT2D eigenvalue weighted by molar-refractivity contribution is 0.211. The van der Waals surface area contributed by atoms with Gasteiger partial charge in [-0.1, -0.05) is 37.3 Å². The molecule has 3 rings (SSSR count). The molecule has 2 N–H and O–H groups in total. The quantitative estimate of drug-likeness (QED) is 0.783. The third-order valence-electron chi connectivity index (χ3n) is 4.75. The third-order valence-corrected chi connectivity index (χ3v) is 6.35. The van der Waals surface area contributed by atoms with Crippen molar-refractivity contribution in [1.29, 1.82) is 0 Å². The summed E-state index contributed by atoms with van der Waals surface area (Å²) in [6.07, 6.45) is 7.92. The van der Waals surface area contributed by atoms with Crippen LogP contribution in [0.4, 0.5) is 0 Å². The van der Waals surface area contributed by atoms with Crippen molar-refractivity contribution >= 4 is 27.6 Å². The number of nitrogens with one attached hydrogen (secondary N) is 2. The molecule has 0 radical (unpaired) electrons. The number of rotatable bonds is 4. The first kappa shape index (κ1) is 18.5. The Kier molecular flexibility index (Phi) is 6.19. The van der Waals surface area contributed by atoms with Crippen molar-refractivity contribution in [1.82, 2.24) is 14.9 Å². The molecule has 0 unspecified atom stereocenters. The van der Waals surface area contributed by atoms with Crippen LogP contribution in [0.1, 0.15) is 38.5 Å². The molecule has 2 aliphatic rings. The number of nitrogens with zero attached hydrogens (tertiary/aromatic N) is 2. The molecule has 1 aliphatic heterocycles. The van der Waals surface area contributed by atoms with Crippen molar-refractivity contribution in [3.63, 3.8) is 0 Å². The van der Waals surface area contributed by atoms with E-state index in [2.05, 4.69) is 19.9 Å². The minimum Gasteiger partial charge on any atom is -0.343 e. The van der Waals surface area contributed by atoms with Crippen LogP contribution in [0.5, 0.6) is 0 Å². The monoisotopic (exact) mass is 384 g/mol. The number of halogens is 1. The van der Waals surface area contributed by atoms with Gasteiger partial charge in [0.2, 0.25) is 5.96 Å². The fourth-order valence-electron chi connectivity index (χ4n) is 3.37. The molecule has 0 atom stereocenters. The predicted octanol–water partition coefficient (Wildman–Crippen LogP) is 2.76. The van der Waals surface area contributed by atoms with E-state index >= 15 is 0 Å². The van der Waals surface area contributed by atoms with Gasteiger partial charge in [0.1, 0.15) is 0 Å². The predicted molar refractivity (Wildman–Crippen MR) is 100.0 cm³/mol. The third kappa shape index (κ3) is 5.33. The fourth-order valence-corrected chi connectivity index (χ4v) is 4.50. The smallest absolute Gasteiger partial charge is 0.264 e. The topological polar surface area (TPSA) is 73.8 Å². The van der Waals surface area contributed by atoms with Crippen LogP contribution in [0.15, 0.2) is 34.2 Å². The molecule has 6 nitrogen and oxygen atoms in total. The van der Waals surface area contributed by atoms with Gasteiger partial charge in [-0.25, -0.2) is 18.1 Å². The Bertz CT molecular complexity index is 698. The molecule has 0 saturated heterocycles. The van der Waals surface area contributed by atoms with Gasteiger partial charge in [-0.3, -0.25) is 4.90 Å². The average molecular weight is 385 g/mol. The van der Waals surface area contributed by atoms with E-state index in [-0.39, 0.29) is 4.90 Å². The normalized spacial score (nSPS) is 20.4. The molecule has 138 valence electrons. The zero-order valence-electron chi connectivity index (χ0n) is 14.2. The first-order valence-corrected chi connectivity index (χ1v) is 10.7. The zero-order valence-corrected chi connectivity index (χ0v) is 15.8. The summed E-state index contributed by atoms with van der Waals surface area (Å²) in [5.41, 5.74) is 0. The summed E-state index contributed by atoms with van der Waals surface area (Å²) in [7, 11) is -3.65. The molecular weight excluding hydrogens is 360 g/mol. The Hall–Kier alpha value is -1.31. The van der Waals surface area contributed by atoms with E-state index in [1.165, 1.54) is 50.7 Å². The minimum absolute atomic E-state index is 0.169. The average Bonchev–Trinajstić information content (AvgIpc) is 2.85. The number of benzene rings is 1. The standard InChI is InChI=1S/C17H25ClN4O2S/c18-15-7-9-16(10-8-15)25(23,24)21-17-19-12-22(13-20-17)11-14-5-3-1-2-4-6-14/h7-10,14H,1-6,11-13H2,(H2,19,20,21). The Labute approximate surface area is 154 Å². The fraction of sp³-hybridized carbons (Fsp3) is 0.588. The summed E-state index contributed by atoms with van der Waals surface area (Å²) in [5.74, 6) is 1.03. The van der Waals surface area contributed by atoms with E-state index < -0.39 is 10.0 Å². The Morgan fingerprint density at radius 1 is 1.16 bits per heavy atom. The molecule has 1 aliphatic carbocycles. The van der Waals surface area contributed by atoms with Gasteiger partial charge in [0, 0.05) is 11.6 Å². The van der Waals surface area contributed by atoms with Crippen molar-refractivity contribution < 1.29 is 8.42 Å². The summed E-state index contributed by atoms with van der Waals surface area (Å²) in [4.78, 5) is 6.74. The van der Waals surface area contributed by atoms with Crippen LogP contribution < -0.4 is 10.0 Å². The van der Waals surface area contributed by atoms with Crippen molar-refractivity contribution in [2.24, 2.45) is 10.9 Å². The molecule has 0 aromatic heterocycles. The van der Waals surface area contributed by atoms with Crippen LogP contribution in [0.3, 0.4) is 0 Å². The number of hydrogen-bond donors (Lipinski definition) is 2. The van der Waals surface area contributed by atoms with E-state index in [9.17, 15) is 8.42 Å². The van der Waals surface area contributed by atoms with Crippen molar-refractivity contribution in [3.8, 4) is 0 Å². The lowest BCUT2D eigenvalue weighted by Gasteiger charge is -2.30. The highest BCUT2D eigenvalue weighted by Crippen LogP contribution is 2.23. The second kappa shape index (κ2) is 8.38. The maximum atomic E-state index is 12.4. The van der Waals surface area contributed by atoms with Crippen LogP contribution >= 0.6 is 11.6 Å². The highest BCUT2D eigenvalue weighted by molar-refractivity contribution is 7.90. The number of sulfonamides is 1. The molecule has 0 bridgehead atoms. The zero-order chi connectivity index (χ0) is 17.7. The highest BCUT2D eigenvalue weighted by Gasteiger charge is 2.21. The maximum Gasteiger partial charge on any atom is 0.264 e. The van der Waals surface area contributed by atoms with Gasteiger partial charge in [-0.05, 0) is 43.0 Å². The van der Waals surface area contributed by atoms with Gasteiger partial charge < -0.3 is 5.32 Å². The first-order chi connectivity index (χ1) is 12.0. The summed E-state index contributed by atoms with van der Waals surface area (Å²) in [6.45, 7) is 2.15. The van der Waals surface area contributed by atoms with Gasteiger partial charge in [0.15, 0.2) is 0 Å². The minimum atomic E-state index is -3.65. The molecule has 0 amide bonds. The number of hydrogen-bond acceptors (Lipinski definition) is 5. The molecular formula is C17H25ClN4O2S. The molecule has 1 fully saturated rings. The number of aliphatic imine (C=N–C) groups is 1. The second-order valence-corrected chi connectivity index (χ2v) is 8.87. The first-order valence-electron chi connectivity index (χ1n) is 8.82. The summed E-state index contributed by atoms with van der Waals surface area (Å²) >= 11 is 5.80. The largest absolute Gasteiger partial charge is 0.343 e. The van der Waals surface area contributed by atoms with Crippen molar-refractivity contribution in [3.05, 3.63) is 29.3 Å². The van der Waals surface area contributed by atoms with E-state index in [4.69, 9.17) is 11.6 Å². The number of guanidine groups is 1. The van der Waals surface area contributed by atoms with Gasteiger partial charge in [0.25, 0.3) is 10.0 Å². The highest BCUT2D eigenvalue weighted by atomic mass is 35.5. The molecule has 0 spiro atoms. The van der Waals surface area contributed by atoms with Gasteiger partial charge in [-0.2, -0.15) is 0 Å². The lowest BCUT2D eigenvalue weighted by Crippen LogP contribution is -2.51. The molecule has 1 aromatic carbocycles.